The Hall–Kier alpha value is -0.840. The molecule has 100 valence electrons. The second-order valence-electron chi connectivity index (χ2n) is 4.28. The van der Waals surface area contributed by atoms with Gasteiger partial charge in [0.15, 0.2) is 0 Å². The minimum absolute atomic E-state index is 0.328. The summed E-state index contributed by atoms with van der Waals surface area (Å²) in [6, 6.07) is 13.0. The first-order valence-electron chi connectivity index (χ1n) is 5.89. The minimum atomic E-state index is -0.816. The summed E-state index contributed by atoms with van der Waals surface area (Å²) >= 11 is 4.64. The Bertz CT molecular complexity index is 557. The molecular formula is C15H14BrFOS. The Morgan fingerprint density at radius 2 is 1.89 bits per heavy atom. The van der Waals surface area contributed by atoms with E-state index in [4.69, 9.17) is 0 Å². The van der Waals surface area contributed by atoms with Crippen LogP contribution in [0, 0.1) is 12.7 Å². The molecule has 0 aromatic heterocycles. The molecule has 0 aliphatic heterocycles. The van der Waals surface area contributed by atoms with Crippen LogP contribution in [0.15, 0.2) is 51.8 Å². The van der Waals surface area contributed by atoms with E-state index in [-0.39, 0.29) is 5.82 Å². The van der Waals surface area contributed by atoms with Gasteiger partial charge in [-0.05, 0) is 41.1 Å². The first-order chi connectivity index (χ1) is 9.08. The highest BCUT2D eigenvalue weighted by Gasteiger charge is 2.14. The van der Waals surface area contributed by atoms with Gasteiger partial charge < -0.3 is 5.11 Å². The van der Waals surface area contributed by atoms with E-state index < -0.39 is 6.10 Å². The lowest BCUT2D eigenvalue weighted by atomic mass is 10.1. The molecule has 4 heteroatoms. The molecule has 0 saturated carbocycles. The number of halogens is 2. The quantitative estimate of drug-likeness (QED) is 0.812. The van der Waals surface area contributed by atoms with Crippen LogP contribution in [0.2, 0.25) is 0 Å². The highest BCUT2D eigenvalue weighted by molar-refractivity contribution is 9.10. The van der Waals surface area contributed by atoms with E-state index in [0.29, 0.717) is 15.8 Å². The lowest BCUT2D eigenvalue weighted by Gasteiger charge is -2.12. The summed E-state index contributed by atoms with van der Waals surface area (Å²) in [5.41, 5.74) is 1.52. The summed E-state index contributed by atoms with van der Waals surface area (Å²) in [5, 5.41) is 10.1. The molecule has 0 aliphatic carbocycles. The van der Waals surface area contributed by atoms with Crippen LogP contribution < -0.4 is 0 Å². The fourth-order valence-corrected chi connectivity index (χ4v) is 2.92. The first-order valence-corrected chi connectivity index (χ1v) is 7.67. The van der Waals surface area contributed by atoms with Gasteiger partial charge in [-0.15, -0.1) is 11.8 Å². The lowest BCUT2D eigenvalue weighted by molar-refractivity contribution is 0.198. The van der Waals surface area contributed by atoms with Gasteiger partial charge in [0.2, 0.25) is 0 Å². The van der Waals surface area contributed by atoms with E-state index in [0.717, 1.165) is 4.90 Å². The molecule has 0 amide bonds. The zero-order chi connectivity index (χ0) is 13.8. The second kappa shape index (κ2) is 6.55. The van der Waals surface area contributed by atoms with E-state index in [1.165, 1.54) is 17.3 Å². The van der Waals surface area contributed by atoms with Crippen molar-refractivity contribution in [2.75, 3.05) is 5.75 Å². The molecule has 1 N–H and O–H groups in total. The van der Waals surface area contributed by atoms with Crippen molar-refractivity contribution in [3.05, 3.63) is 63.9 Å². The predicted octanol–water partition coefficient (Wildman–Crippen LogP) is 4.72. The summed E-state index contributed by atoms with van der Waals surface area (Å²) in [6.07, 6.45) is -0.816. The molecule has 2 aromatic rings. The van der Waals surface area contributed by atoms with Crippen LogP contribution in [0.3, 0.4) is 0 Å². The van der Waals surface area contributed by atoms with Crippen molar-refractivity contribution in [2.45, 2.75) is 17.9 Å². The Morgan fingerprint density at radius 1 is 1.21 bits per heavy atom. The summed E-state index contributed by atoms with van der Waals surface area (Å²) in [7, 11) is 0. The van der Waals surface area contributed by atoms with Crippen molar-refractivity contribution in [1.82, 2.24) is 0 Å². The molecular weight excluding hydrogens is 327 g/mol. The molecule has 0 spiro atoms. The van der Waals surface area contributed by atoms with Gasteiger partial charge in [0.1, 0.15) is 5.82 Å². The number of hydrogen-bond acceptors (Lipinski definition) is 2. The van der Waals surface area contributed by atoms with Gasteiger partial charge in [-0.25, -0.2) is 4.39 Å². The zero-order valence-corrected chi connectivity index (χ0v) is 12.8. The average Bonchev–Trinajstić information content (AvgIpc) is 2.41. The third kappa shape index (κ3) is 3.81. The number of aryl methyl sites for hydroxylation is 1. The van der Waals surface area contributed by atoms with Gasteiger partial charge in [-0.2, -0.15) is 0 Å². The van der Waals surface area contributed by atoms with Gasteiger partial charge in [0.05, 0.1) is 10.6 Å². The van der Waals surface area contributed by atoms with Gasteiger partial charge >= 0.3 is 0 Å². The number of aliphatic hydroxyl groups is 1. The fraction of sp³-hybridized carbons (Fsp3) is 0.200. The third-order valence-corrected chi connectivity index (χ3v) is 4.47. The van der Waals surface area contributed by atoms with Crippen molar-refractivity contribution in [3.8, 4) is 0 Å². The van der Waals surface area contributed by atoms with Crippen molar-refractivity contribution >= 4 is 27.7 Å². The molecule has 1 unspecified atom stereocenters. The van der Waals surface area contributed by atoms with E-state index in [9.17, 15) is 9.50 Å². The number of benzene rings is 2. The van der Waals surface area contributed by atoms with Crippen LogP contribution in [-0.4, -0.2) is 10.9 Å². The van der Waals surface area contributed by atoms with Crippen LogP contribution in [0.25, 0.3) is 0 Å². The number of rotatable bonds is 4. The highest BCUT2D eigenvalue weighted by Crippen LogP contribution is 2.28. The van der Waals surface area contributed by atoms with Crippen molar-refractivity contribution in [3.63, 3.8) is 0 Å². The molecule has 0 aliphatic rings. The maximum atomic E-state index is 13.8. The Labute approximate surface area is 125 Å². The number of aliphatic hydroxyl groups excluding tert-OH is 1. The predicted molar refractivity (Wildman–Crippen MR) is 81.0 cm³/mol. The number of thioether (sulfide) groups is 1. The molecule has 2 rings (SSSR count). The maximum Gasteiger partial charge on any atom is 0.143 e. The van der Waals surface area contributed by atoms with E-state index >= 15 is 0 Å². The Balaban J connectivity index is 2.03. The van der Waals surface area contributed by atoms with Gasteiger partial charge in [-0.1, -0.05) is 29.8 Å². The summed E-state index contributed by atoms with van der Waals surface area (Å²) in [4.78, 5) is 1.07. The summed E-state index contributed by atoms with van der Waals surface area (Å²) < 4.78 is 14.2. The van der Waals surface area contributed by atoms with Crippen molar-refractivity contribution in [2.24, 2.45) is 0 Å². The first kappa shape index (κ1) is 14.6. The molecule has 19 heavy (non-hydrogen) atoms. The SMILES string of the molecule is Cc1ccc(SCC(O)c2cccc(Br)c2F)cc1. The van der Waals surface area contributed by atoms with Gasteiger partial charge in [-0.3, -0.25) is 0 Å². The molecule has 0 heterocycles. The second-order valence-corrected chi connectivity index (χ2v) is 6.23. The Kier molecular flexibility index (Phi) is 5.02. The monoisotopic (exact) mass is 340 g/mol. The van der Waals surface area contributed by atoms with E-state index in [1.54, 1.807) is 18.2 Å². The molecule has 0 radical (unpaired) electrons. The van der Waals surface area contributed by atoms with Crippen molar-refractivity contribution < 1.29 is 9.50 Å². The smallest absolute Gasteiger partial charge is 0.143 e. The standard InChI is InChI=1S/C15H14BrFOS/c1-10-5-7-11(8-6-10)19-9-14(18)12-3-2-4-13(16)15(12)17/h2-8,14,18H,9H2,1H3. The van der Waals surface area contributed by atoms with Gasteiger partial charge in [0.25, 0.3) is 0 Å². The summed E-state index contributed by atoms with van der Waals surface area (Å²) in [5.74, 6) is 0.0377. The molecule has 1 nitrogen and oxygen atoms in total. The maximum absolute atomic E-state index is 13.8. The lowest BCUT2D eigenvalue weighted by Crippen LogP contribution is -2.03. The largest absolute Gasteiger partial charge is 0.387 e. The van der Waals surface area contributed by atoms with Crippen LogP contribution in [0.4, 0.5) is 4.39 Å². The number of hydrogen-bond donors (Lipinski definition) is 1. The normalized spacial score (nSPS) is 12.4. The third-order valence-electron chi connectivity index (χ3n) is 2.77. The van der Waals surface area contributed by atoms with Crippen LogP contribution >= 0.6 is 27.7 Å². The Morgan fingerprint density at radius 3 is 2.58 bits per heavy atom. The zero-order valence-electron chi connectivity index (χ0n) is 10.4. The van der Waals surface area contributed by atoms with E-state index in [2.05, 4.69) is 15.9 Å². The van der Waals surface area contributed by atoms with Crippen LogP contribution in [0.1, 0.15) is 17.2 Å². The molecule has 0 bridgehead atoms. The topological polar surface area (TPSA) is 20.2 Å². The fourth-order valence-electron chi connectivity index (χ4n) is 1.68. The average molecular weight is 341 g/mol. The molecule has 2 aromatic carbocycles. The van der Waals surface area contributed by atoms with Crippen LogP contribution in [-0.2, 0) is 0 Å². The minimum Gasteiger partial charge on any atom is -0.387 e. The van der Waals surface area contributed by atoms with Crippen LogP contribution in [0.5, 0.6) is 0 Å². The van der Waals surface area contributed by atoms with Gasteiger partial charge in [0, 0.05) is 16.2 Å². The molecule has 0 fully saturated rings. The molecule has 0 saturated heterocycles. The highest BCUT2D eigenvalue weighted by atomic mass is 79.9. The van der Waals surface area contributed by atoms with E-state index in [1.807, 2.05) is 31.2 Å². The molecule has 1 atom stereocenters. The summed E-state index contributed by atoms with van der Waals surface area (Å²) in [6.45, 7) is 2.03. The van der Waals surface area contributed by atoms with Crippen molar-refractivity contribution in [1.29, 1.82) is 0 Å².